The molecule has 0 atom stereocenters. The van der Waals surface area contributed by atoms with E-state index in [2.05, 4.69) is 10.3 Å². The number of amides is 1. The van der Waals surface area contributed by atoms with Gasteiger partial charge in [-0.25, -0.2) is 4.98 Å². The fourth-order valence-corrected chi connectivity index (χ4v) is 2.22. The highest BCUT2D eigenvalue weighted by atomic mass is 16.5. The van der Waals surface area contributed by atoms with Crippen LogP contribution in [-0.2, 0) is 4.79 Å². The minimum atomic E-state index is 0.165. The van der Waals surface area contributed by atoms with Gasteiger partial charge in [-0.2, -0.15) is 0 Å². The summed E-state index contributed by atoms with van der Waals surface area (Å²) in [5.41, 5.74) is 0.837. The van der Waals surface area contributed by atoms with E-state index in [0.717, 1.165) is 31.6 Å². The summed E-state index contributed by atoms with van der Waals surface area (Å²) in [4.78, 5) is 18.1. The van der Waals surface area contributed by atoms with Crippen molar-refractivity contribution in [2.24, 2.45) is 0 Å². The van der Waals surface area contributed by atoms with E-state index in [1.807, 2.05) is 11.0 Å². The highest BCUT2D eigenvalue weighted by molar-refractivity contribution is 5.80. The summed E-state index contributed by atoms with van der Waals surface area (Å²) in [6.45, 7) is 2.11. The van der Waals surface area contributed by atoms with Gasteiger partial charge in [0.15, 0.2) is 0 Å². The number of rotatable bonds is 4. The summed E-state index contributed by atoms with van der Waals surface area (Å²) in [5, 5.41) is 3.10. The van der Waals surface area contributed by atoms with E-state index in [1.165, 1.54) is 12.8 Å². The molecule has 0 radical (unpaired) electrons. The van der Waals surface area contributed by atoms with Gasteiger partial charge in [0.25, 0.3) is 0 Å². The highest BCUT2D eigenvalue weighted by Gasteiger charge is 2.14. The first-order valence-corrected chi connectivity index (χ1v) is 6.81. The molecular formula is C14H21N3O2. The molecule has 1 amide bonds. The number of nitrogens with zero attached hydrogens (tertiary/aromatic N) is 2. The maximum absolute atomic E-state index is 12.1. The molecule has 2 rings (SSSR count). The second-order valence-electron chi connectivity index (χ2n) is 4.74. The van der Waals surface area contributed by atoms with E-state index in [9.17, 15) is 4.79 Å². The van der Waals surface area contributed by atoms with Crippen LogP contribution in [0.1, 0.15) is 25.7 Å². The Morgan fingerprint density at radius 1 is 1.32 bits per heavy atom. The predicted octanol–water partition coefficient (Wildman–Crippen LogP) is 1.90. The molecule has 1 aliphatic heterocycles. The summed E-state index contributed by atoms with van der Waals surface area (Å²) < 4.78 is 4.99. The first-order valence-electron chi connectivity index (χ1n) is 6.81. The number of hydrogen-bond donors (Lipinski definition) is 1. The summed E-state index contributed by atoms with van der Waals surface area (Å²) in [6, 6.07) is 3.64. The Kier molecular flexibility index (Phi) is 5.01. The summed E-state index contributed by atoms with van der Waals surface area (Å²) in [5.74, 6) is 0.738. The van der Waals surface area contributed by atoms with E-state index in [-0.39, 0.29) is 5.91 Å². The van der Waals surface area contributed by atoms with Crippen LogP contribution in [-0.4, -0.2) is 42.5 Å². The molecule has 1 aromatic rings. The van der Waals surface area contributed by atoms with Crippen LogP contribution in [0.4, 0.5) is 5.69 Å². The van der Waals surface area contributed by atoms with Gasteiger partial charge in [-0.15, -0.1) is 0 Å². The predicted molar refractivity (Wildman–Crippen MR) is 74.3 cm³/mol. The lowest BCUT2D eigenvalue weighted by atomic mass is 10.2. The van der Waals surface area contributed by atoms with Crippen molar-refractivity contribution in [2.75, 3.05) is 32.1 Å². The zero-order valence-corrected chi connectivity index (χ0v) is 11.4. The van der Waals surface area contributed by atoms with E-state index >= 15 is 0 Å². The number of hydrogen-bond acceptors (Lipinski definition) is 4. The van der Waals surface area contributed by atoms with Gasteiger partial charge in [0.05, 0.1) is 25.5 Å². The molecule has 104 valence electrons. The van der Waals surface area contributed by atoms with E-state index in [4.69, 9.17) is 4.74 Å². The van der Waals surface area contributed by atoms with Crippen LogP contribution in [0.3, 0.4) is 0 Å². The Balaban J connectivity index is 1.81. The Labute approximate surface area is 114 Å². The average Bonchev–Trinajstić information content (AvgIpc) is 2.74. The summed E-state index contributed by atoms with van der Waals surface area (Å²) in [7, 11) is 1.58. The van der Waals surface area contributed by atoms with Gasteiger partial charge in [0, 0.05) is 19.2 Å². The lowest BCUT2D eigenvalue weighted by Gasteiger charge is -2.20. The Bertz CT molecular complexity index is 398. The highest BCUT2D eigenvalue weighted by Crippen LogP contribution is 2.12. The number of carbonyl (C=O) groups excluding carboxylic acids is 1. The number of carbonyl (C=O) groups is 1. The zero-order valence-electron chi connectivity index (χ0n) is 11.4. The van der Waals surface area contributed by atoms with Crippen LogP contribution in [0.15, 0.2) is 18.3 Å². The van der Waals surface area contributed by atoms with Crippen molar-refractivity contribution < 1.29 is 9.53 Å². The first-order chi connectivity index (χ1) is 9.29. The normalized spacial score (nSPS) is 15.7. The number of pyridine rings is 1. The number of aromatic nitrogens is 1. The molecule has 0 saturated carbocycles. The third-order valence-electron chi connectivity index (χ3n) is 3.35. The van der Waals surface area contributed by atoms with Gasteiger partial charge >= 0.3 is 0 Å². The van der Waals surface area contributed by atoms with E-state index < -0.39 is 0 Å². The monoisotopic (exact) mass is 263 g/mol. The van der Waals surface area contributed by atoms with Crippen LogP contribution in [0.5, 0.6) is 5.88 Å². The molecule has 5 heteroatoms. The summed E-state index contributed by atoms with van der Waals surface area (Å²) in [6.07, 6.45) is 6.39. The van der Waals surface area contributed by atoms with Gasteiger partial charge in [0.1, 0.15) is 0 Å². The standard InChI is InChI=1S/C14H21N3O2/c1-19-13-7-6-12(10-16-13)15-11-14(18)17-8-4-2-3-5-9-17/h6-7,10,15H,2-5,8-9,11H2,1H3. The fraction of sp³-hybridized carbons (Fsp3) is 0.571. The van der Waals surface area contributed by atoms with Gasteiger partial charge in [0.2, 0.25) is 11.8 Å². The van der Waals surface area contributed by atoms with Crippen LogP contribution >= 0.6 is 0 Å². The number of nitrogens with one attached hydrogen (secondary N) is 1. The maximum Gasteiger partial charge on any atom is 0.241 e. The maximum atomic E-state index is 12.1. The third-order valence-corrected chi connectivity index (χ3v) is 3.35. The molecule has 1 fully saturated rings. The first kappa shape index (κ1) is 13.6. The summed E-state index contributed by atoms with van der Waals surface area (Å²) >= 11 is 0. The SMILES string of the molecule is COc1ccc(NCC(=O)N2CCCCCC2)cn1. The van der Waals surface area contributed by atoms with Crippen LogP contribution in [0, 0.1) is 0 Å². The zero-order chi connectivity index (χ0) is 13.5. The number of ether oxygens (including phenoxy) is 1. The number of methoxy groups -OCH3 is 1. The molecule has 0 spiro atoms. The quantitative estimate of drug-likeness (QED) is 0.901. The van der Waals surface area contributed by atoms with Gasteiger partial charge in [-0.3, -0.25) is 4.79 Å². The van der Waals surface area contributed by atoms with E-state index in [0.29, 0.717) is 12.4 Å². The largest absolute Gasteiger partial charge is 0.481 e. The molecule has 0 aromatic carbocycles. The Morgan fingerprint density at radius 2 is 2.05 bits per heavy atom. The lowest BCUT2D eigenvalue weighted by Crippen LogP contribution is -2.36. The Morgan fingerprint density at radius 3 is 2.63 bits per heavy atom. The van der Waals surface area contributed by atoms with Crippen molar-refractivity contribution in [2.45, 2.75) is 25.7 Å². The smallest absolute Gasteiger partial charge is 0.241 e. The van der Waals surface area contributed by atoms with Crippen LogP contribution in [0.2, 0.25) is 0 Å². The molecule has 19 heavy (non-hydrogen) atoms. The topological polar surface area (TPSA) is 54.5 Å². The minimum absolute atomic E-state index is 0.165. The van der Waals surface area contributed by atoms with Gasteiger partial charge in [-0.05, 0) is 18.9 Å². The van der Waals surface area contributed by atoms with Crippen molar-refractivity contribution in [3.63, 3.8) is 0 Å². The molecular weight excluding hydrogens is 242 g/mol. The Hall–Kier alpha value is -1.78. The van der Waals surface area contributed by atoms with Crippen LogP contribution in [0.25, 0.3) is 0 Å². The fourth-order valence-electron chi connectivity index (χ4n) is 2.22. The molecule has 2 heterocycles. The lowest BCUT2D eigenvalue weighted by molar-refractivity contribution is -0.129. The van der Waals surface area contributed by atoms with E-state index in [1.54, 1.807) is 19.4 Å². The van der Waals surface area contributed by atoms with Crippen molar-refractivity contribution in [3.05, 3.63) is 18.3 Å². The average molecular weight is 263 g/mol. The minimum Gasteiger partial charge on any atom is -0.481 e. The number of likely N-dealkylation sites (tertiary alicyclic amines) is 1. The second kappa shape index (κ2) is 6.97. The number of anilines is 1. The second-order valence-corrected chi connectivity index (χ2v) is 4.74. The molecule has 1 aliphatic rings. The van der Waals surface area contributed by atoms with Gasteiger partial charge < -0.3 is 15.0 Å². The molecule has 0 aliphatic carbocycles. The van der Waals surface area contributed by atoms with Crippen molar-refractivity contribution >= 4 is 11.6 Å². The molecule has 0 unspecified atom stereocenters. The van der Waals surface area contributed by atoms with Crippen molar-refractivity contribution in [1.29, 1.82) is 0 Å². The van der Waals surface area contributed by atoms with Crippen LogP contribution < -0.4 is 10.1 Å². The van der Waals surface area contributed by atoms with Crippen molar-refractivity contribution in [3.8, 4) is 5.88 Å². The molecule has 0 bridgehead atoms. The van der Waals surface area contributed by atoms with Crippen molar-refractivity contribution in [1.82, 2.24) is 9.88 Å². The van der Waals surface area contributed by atoms with Gasteiger partial charge in [-0.1, -0.05) is 12.8 Å². The molecule has 1 N–H and O–H groups in total. The molecule has 1 saturated heterocycles. The molecule has 1 aromatic heterocycles. The third kappa shape index (κ3) is 4.12. The molecule has 5 nitrogen and oxygen atoms in total.